The topological polar surface area (TPSA) is 72.9 Å². The van der Waals surface area contributed by atoms with Gasteiger partial charge in [-0.15, -0.1) is 0 Å². The highest BCUT2D eigenvalue weighted by Gasteiger charge is 2.18. The summed E-state index contributed by atoms with van der Waals surface area (Å²) in [6.45, 7) is 5.53. The highest BCUT2D eigenvalue weighted by molar-refractivity contribution is 5.93. The Bertz CT molecular complexity index is 356. The molecule has 2 unspecified atom stereocenters. The van der Waals surface area contributed by atoms with Gasteiger partial charge in [-0.3, -0.25) is 9.48 Å². The Labute approximate surface area is 89.6 Å². The van der Waals surface area contributed by atoms with E-state index in [0.29, 0.717) is 0 Å². The maximum atomic E-state index is 11.7. The van der Waals surface area contributed by atoms with Crippen molar-refractivity contribution in [2.75, 3.05) is 5.32 Å². The first-order chi connectivity index (χ1) is 6.93. The number of carbonyl (C=O) groups is 1. The van der Waals surface area contributed by atoms with Crippen molar-refractivity contribution in [3.05, 3.63) is 11.9 Å². The van der Waals surface area contributed by atoms with E-state index in [1.807, 2.05) is 27.8 Å². The van der Waals surface area contributed by atoms with Crippen LogP contribution in [0.2, 0.25) is 0 Å². The van der Waals surface area contributed by atoms with E-state index in [4.69, 9.17) is 5.73 Å². The lowest BCUT2D eigenvalue weighted by Crippen LogP contribution is -2.34. The molecule has 0 fully saturated rings. The van der Waals surface area contributed by atoms with Gasteiger partial charge >= 0.3 is 0 Å². The summed E-state index contributed by atoms with van der Waals surface area (Å²) < 4.78 is 1.71. The van der Waals surface area contributed by atoms with Gasteiger partial charge in [0.25, 0.3) is 0 Å². The Morgan fingerprint density at radius 1 is 1.60 bits per heavy atom. The van der Waals surface area contributed by atoms with Crippen molar-refractivity contribution in [1.82, 2.24) is 9.78 Å². The zero-order valence-electron chi connectivity index (χ0n) is 9.61. The SMILES string of the molecule is Cc1c(NC(=O)C(C)C(C)N)cnn1C. The zero-order chi connectivity index (χ0) is 11.6. The summed E-state index contributed by atoms with van der Waals surface area (Å²) in [5.41, 5.74) is 7.33. The molecule has 3 N–H and O–H groups in total. The maximum Gasteiger partial charge on any atom is 0.228 e. The second-order valence-electron chi connectivity index (χ2n) is 3.90. The first kappa shape index (κ1) is 11.7. The fraction of sp³-hybridized carbons (Fsp3) is 0.600. The van der Waals surface area contributed by atoms with E-state index >= 15 is 0 Å². The number of nitrogens with two attached hydrogens (primary N) is 1. The molecule has 1 aromatic heterocycles. The van der Waals surface area contributed by atoms with E-state index in [-0.39, 0.29) is 17.9 Å². The Hall–Kier alpha value is -1.36. The number of aryl methyl sites for hydroxylation is 1. The van der Waals surface area contributed by atoms with Gasteiger partial charge in [0.05, 0.1) is 23.5 Å². The fourth-order valence-corrected chi connectivity index (χ4v) is 1.11. The molecule has 0 aliphatic carbocycles. The van der Waals surface area contributed by atoms with Crippen LogP contribution in [0.25, 0.3) is 0 Å². The Kier molecular flexibility index (Phi) is 3.47. The van der Waals surface area contributed by atoms with Crippen LogP contribution in [0.15, 0.2) is 6.20 Å². The molecule has 0 spiro atoms. The van der Waals surface area contributed by atoms with E-state index in [0.717, 1.165) is 11.4 Å². The van der Waals surface area contributed by atoms with Crippen molar-refractivity contribution in [2.24, 2.45) is 18.7 Å². The molecule has 0 radical (unpaired) electrons. The van der Waals surface area contributed by atoms with Crippen molar-refractivity contribution in [1.29, 1.82) is 0 Å². The molecular weight excluding hydrogens is 192 g/mol. The van der Waals surface area contributed by atoms with Gasteiger partial charge in [-0.05, 0) is 13.8 Å². The third-order valence-electron chi connectivity index (χ3n) is 2.70. The molecular formula is C10H18N4O. The van der Waals surface area contributed by atoms with E-state index < -0.39 is 0 Å². The van der Waals surface area contributed by atoms with Crippen LogP contribution in [0.5, 0.6) is 0 Å². The molecule has 1 amide bonds. The molecule has 0 aliphatic rings. The number of hydrogen-bond donors (Lipinski definition) is 2. The average Bonchev–Trinajstić information content (AvgIpc) is 2.48. The van der Waals surface area contributed by atoms with Crippen LogP contribution in [0.4, 0.5) is 5.69 Å². The smallest absolute Gasteiger partial charge is 0.228 e. The minimum Gasteiger partial charge on any atom is -0.327 e. The molecule has 1 heterocycles. The molecule has 0 aliphatic heterocycles. The predicted octanol–water partition coefficient (Wildman–Crippen LogP) is 0.650. The summed E-state index contributed by atoms with van der Waals surface area (Å²) in [7, 11) is 1.83. The van der Waals surface area contributed by atoms with E-state index in [2.05, 4.69) is 10.4 Å². The molecule has 15 heavy (non-hydrogen) atoms. The molecule has 1 aromatic rings. The van der Waals surface area contributed by atoms with Crippen LogP contribution >= 0.6 is 0 Å². The van der Waals surface area contributed by atoms with E-state index in [1.54, 1.807) is 10.9 Å². The summed E-state index contributed by atoms with van der Waals surface area (Å²) in [5.74, 6) is -0.272. The van der Waals surface area contributed by atoms with Gasteiger partial charge < -0.3 is 11.1 Å². The van der Waals surface area contributed by atoms with Crippen molar-refractivity contribution >= 4 is 11.6 Å². The molecule has 5 nitrogen and oxygen atoms in total. The second-order valence-corrected chi connectivity index (χ2v) is 3.90. The molecule has 5 heteroatoms. The van der Waals surface area contributed by atoms with Crippen molar-refractivity contribution < 1.29 is 4.79 Å². The summed E-state index contributed by atoms with van der Waals surface area (Å²) in [6, 6.07) is -0.151. The van der Waals surface area contributed by atoms with Gasteiger partial charge in [0.2, 0.25) is 5.91 Å². The standard InChI is InChI=1S/C10H18N4O/c1-6(7(2)11)10(15)13-9-5-12-14(4)8(9)3/h5-7H,11H2,1-4H3,(H,13,15). The number of aromatic nitrogens is 2. The summed E-state index contributed by atoms with van der Waals surface area (Å²) >= 11 is 0. The summed E-state index contributed by atoms with van der Waals surface area (Å²) in [4.78, 5) is 11.7. The number of anilines is 1. The lowest BCUT2D eigenvalue weighted by atomic mass is 10.0. The van der Waals surface area contributed by atoms with Crippen molar-refractivity contribution in [3.63, 3.8) is 0 Å². The number of nitrogens with one attached hydrogen (secondary N) is 1. The van der Waals surface area contributed by atoms with Gasteiger partial charge in [0.15, 0.2) is 0 Å². The average molecular weight is 210 g/mol. The molecule has 0 aromatic carbocycles. The van der Waals surface area contributed by atoms with Gasteiger partial charge in [0, 0.05) is 13.1 Å². The lowest BCUT2D eigenvalue weighted by Gasteiger charge is -2.14. The second kappa shape index (κ2) is 4.44. The number of hydrogen-bond acceptors (Lipinski definition) is 3. The predicted molar refractivity (Wildman–Crippen MR) is 59.4 cm³/mol. The summed E-state index contributed by atoms with van der Waals surface area (Å²) in [6.07, 6.45) is 1.64. The first-order valence-electron chi connectivity index (χ1n) is 4.98. The third kappa shape index (κ3) is 2.56. The Balaban J connectivity index is 2.71. The molecule has 2 atom stereocenters. The first-order valence-corrected chi connectivity index (χ1v) is 4.98. The van der Waals surface area contributed by atoms with E-state index in [9.17, 15) is 4.79 Å². The molecule has 84 valence electrons. The maximum absolute atomic E-state index is 11.7. The number of carbonyl (C=O) groups excluding carboxylic acids is 1. The van der Waals surface area contributed by atoms with Crippen LogP contribution < -0.4 is 11.1 Å². The van der Waals surface area contributed by atoms with E-state index in [1.165, 1.54) is 0 Å². The molecule has 1 rings (SSSR count). The van der Waals surface area contributed by atoms with Gasteiger partial charge in [-0.1, -0.05) is 6.92 Å². The highest BCUT2D eigenvalue weighted by atomic mass is 16.1. The quantitative estimate of drug-likeness (QED) is 0.769. The normalized spacial score (nSPS) is 14.7. The van der Waals surface area contributed by atoms with Crippen LogP contribution in [0.3, 0.4) is 0 Å². The van der Waals surface area contributed by atoms with Crippen LogP contribution in [0.1, 0.15) is 19.5 Å². The van der Waals surface area contributed by atoms with Gasteiger partial charge in [-0.2, -0.15) is 5.10 Å². The minimum atomic E-state index is -0.204. The van der Waals surface area contributed by atoms with Gasteiger partial charge in [0.1, 0.15) is 0 Å². The van der Waals surface area contributed by atoms with Crippen LogP contribution in [-0.4, -0.2) is 21.7 Å². The number of amides is 1. The van der Waals surface area contributed by atoms with Gasteiger partial charge in [-0.25, -0.2) is 0 Å². The van der Waals surface area contributed by atoms with Crippen LogP contribution in [-0.2, 0) is 11.8 Å². The number of rotatable bonds is 3. The molecule has 0 saturated heterocycles. The Morgan fingerprint density at radius 3 is 2.60 bits per heavy atom. The van der Waals surface area contributed by atoms with Crippen molar-refractivity contribution in [3.8, 4) is 0 Å². The monoisotopic (exact) mass is 210 g/mol. The zero-order valence-corrected chi connectivity index (χ0v) is 9.61. The summed E-state index contributed by atoms with van der Waals surface area (Å²) in [5, 5.41) is 6.85. The van der Waals surface area contributed by atoms with Crippen molar-refractivity contribution in [2.45, 2.75) is 26.8 Å². The lowest BCUT2D eigenvalue weighted by molar-refractivity contribution is -0.119. The number of nitrogens with zero attached hydrogens (tertiary/aromatic N) is 2. The Morgan fingerprint density at radius 2 is 2.20 bits per heavy atom. The fourth-order valence-electron chi connectivity index (χ4n) is 1.11. The molecule has 0 saturated carbocycles. The molecule has 0 bridgehead atoms. The minimum absolute atomic E-state index is 0.0684. The third-order valence-corrected chi connectivity index (χ3v) is 2.70. The largest absolute Gasteiger partial charge is 0.327 e. The van der Waals surface area contributed by atoms with Crippen LogP contribution in [0, 0.1) is 12.8 Å². The highest BCUT2D eigenvalue weighted by Crippen LogP contribution is 2.14.